The first-order valence-electron chi connectivity index (χ1n) is 8.80. The average molecular weight is 390 g/mol. The highest BCUT2D eigenvalue weighted by Crippen LogP contribution is 2.27. The Kier molecular flexibility index (Phi) is 4.97. The summed E-state index contributed by atoms with van der Waals surface area (Å²) in [6, 6.07) is 12.7. The van der Waals surface area contributed by atoms with Gasteiger partial charge in [0, 0.05) is 5.56 Å². The average Bonchev–Trinajstić information content (AvgIpc) is 3.41. The van der Waals surface area contributed by atoms with Crippen LogP contribution in [0.3, 0.4) is 0 Å². The summed E-state index contributed by atoms with van der Waals surface area (Å²) >= 11 is 0. The Bertz CT molecular complexity index is 1120. The van der Waals surface area contributed by atoms with Gasteiger partial charge in [0.2, 0.25) is 0 Å². The maximum atomic E-state index is 12.7. The summed E-state index contributed by atoms with van der Waals surface area (Å²) in [6.07, 6.45) is 3.16. The quantitative estimate of drug-likeness (QED) is 0.535. The number of hydrogen-bond acceptors (Lipinski definition) is 7. The van der Waals surface area contributed by atoms with Gasteiger partial charge in [-0.05, 0) is 53.2 Å². The molecule has 0 unspecified atom stereocenters. The number of hydrogen-bond donors (Lipinski definition) is 1. The van der Waals surface area contributed by atoms with Crippen molar-refractivity contribution in [3.63, 3.8) is 0 Å². The Morgan fingerprint density at radius 3 is 2.52 bits per heavy atom. The van der Waals surface area contributed by atoms with Gasteiger partial charge in [-0.25, -0.2) is 4.68 Å². The highest BCUT2D eigenvalue weighted by molar-refractivity contribution is 6.05. The van der Waals surface area contributed by atoms with Crippen LogP contribution in [-0.2, 0) is 6.54 Å². The van der Waals surface area contributed by atoms with E-state index in [0.29, 0.717) is 23.5 Å². The summed E-state index contributed by atoms with van der Waals surface area (Å²) in [5.74, 6) is 1.04. The molecule has 2 heterocycles. The predicted octanol–water partition coefficient (Wildman–Crippen LogP) is 1.87. The van der Waals surface area contributed by atoms with Crippen LogP contribution in [0, 0.1) is 6.92 Å². The van der Waals surface area contributed by atoms with Gasteiger partial charge in [-0.1, -0.05) is 12.1 Å². The fourth-order valence-corrected chi connectivity index (χ4v) is 2.81. The van der Waals surface area contributed by atoms with Crippen molar-refractivity contribution in [3.05, 3.63) is 72.1 Å². The smallest absolute Gasteiger partial charge is 0.255 e. The van der Waals surface area contributed by atoms with E-state index in [4.69, 9.17) is 4.74 Å². The van der Waals surface area contributed by atoms with Crippen LogP contribution >= 0.6 is 0 Å². The van der Waals surface area contributed by atoms with E-state index in [9.17, 15) is 4.79 Å². The molecule has 4 aromatic rings. The lowest BCUT2D eigenvalue weighted by Gasteiger charge is -2.12. The maximum Gasteiger partial charge on any atom is 0.255 e. The molecule has 29 heavy (non-hydrogen) atoms. The molecule has 0 atom stereocenters. The highest BCUT2D eigenvalue weighted by Gasteiger charge is 2.12. The van der Waals surface area contributed by atoms with E-state index in [1.54, 1.807) is 53.3 Å². The number of aromatic nitrogens is 7. The normalized spacial score (nSPS) is 10.7. The molecule has 0 aliphatic carbocycles. The molecule has 2 aromatic heterocycles. The van der Waals surface area contributed by atoms with Crippen molar-refractivity contribution in [1.29, 1.82) is 0 Å². The van der Waals surface area contributed by atoms with Crippen LogP contribution in [0.5, 0.6) is 5.75 Å². The second kappa shape index (κ2) is 7.89. The summed E-state index contributed by atoms with van der Waals surface area (Å²) in [7, 11) is 1.55. The van der Waals surface area contributed by atoms with E-state index in [1.165, 1.54) is 0 Å². The molecule has 0 fully saturated rings. The van der Waals surface area contributed by atoms with Crippen LogP contribution < -0.4 is 10.1 Å². The molecule has 4 rings (SSSR count). The van der Waals surface area contributed by atoms with Gasteiger partial charge in [-0.2, -0.15) is 0 Å². The van der Waals surface area contributed by atoms with E-state index in [0.717, 1.165) is 17.1 Å². The van der Waals surface area contributed by atoms with Gasteiger partial charge in [-0.15, -0.1) is 15.3 Å². The van der Waals surface area contributed by atoms with Crippen LogP contribution in [-0.4, -0.2) is 48.0 Å². The number of benzene rings is 2. The van der Waals surface area contributed by atoms with E-state index >= 15 is 0 Å². The summed E-state index contributed by atoms with van der Waals surface area (Å²) in [5.41, 5.74) is 2.87. The molecule has 0 spiro atoms. The van der Waals surface area contributed by atoms with Crippen molar-refractivity contribution in [1.82, 2.24) is 35.0 Å². The van der Waals surface area contributed by atoms with Crippen LogP contribution in [0.25, 0.3) is 5.69 Å². The molecule has 0 aliphatic heterocycles. The molecule has 0 radical (unpaired) electrons. The summed E-state index contributed by atoms with van der Waals surface area (Å²) in [6.45, 7) is 2.37. The minimum Gasteiger partial charge on any atom is -0.495 e. The predicted molar refractivity (Wildman–Crippen MR) is 104 cm³/mol. The monoisotopic (exact) mass is 390 g/mol. The molecule has 0 aliphatic rings. The Labute approximate surface area is 166 Å². The first kappa shape index (κ1) is 18.3. The Hall–Kier alpha value is -4.08. The van der Waals surface area contributed by atoms with Gasteiger partial charge in [0.05, 0.1) is 25.0 Å². The fourth-order valence-electron chi connectivity index (χ4n) is 2.81. The van der Waals surface area contributed by atoms with E-state index < -0.39 is 0 Å². The number of rotatable bonds is 6. The molecule has 0 saturated heterocycles. The van der Waals surface area contributed by atoms with Crippen LogP contribution in [0.15, 0.2) is 55.1 Å². The first-order chi connectivity index (χ1) is 14.1. The number of anilines is 1. The summed E-state index contributed by atoms with van der Waals surface area (Å²) < 4.78 is 8.80. The third kappa shape index (κ3) is 3.95. The Morgan fingerprint density at radius 1 is 1.10 bits per heavy atom. The lowest BCUT2D eigenvalue weighted by molar-refractivity contribution is 0.102. The second-order valence-electron chi connectivity index (χ2n) is 6.29. The van der Waals surface area contributed by atoms with Crippen molar-refractivity contribution >= 4 is 11.6 Å². The minimum atomic E-state index is -0.241. The molecule has 0 saturated carbocycles. The molecule has 146 valence electrons. The van der Waals surface area contributed by atoms with Gasteiger partial charge >= 0.3 is 0 Å². The van der Waals surface area contributed by atoms with Crippen molar-refractivity contribution in [2.75, 3.05) is 12.4 Å². The number of ether oxygens (including phenoxy) is 1. The second-order valence-corrected chi connectivity index (χ2v) is 6.29. The van der Waals surface area contributed by atoms with Gasteiger partial charge in [0.15, 0.2) is 0 Å². The van der Waals surface area contributed by atoms with Gasteiger partial charge in [0.25, 0.3) is 5.91 Å². The first-order valence-corrected chi connectivity index (χ1v) is 8.80. The number of nitrogens with zero attached hydrogens (tertiary/aromatic N) is 7. The molecule has 10 nitrogen and oxygen atoms in total. The Balaban J connectivity index is 1.51. The zero-order valence-electron chi connectivity index (χ0n) is 15.9. The lowest BCUT2D eigenvalue weighted by atomic mass is 10.1. The van der Waals surface area contributed by atoms with E-state index in [-0.39, 0.29) is 5.91 Å². The molecule has 1 amide bonds. The van der Waals surface area contributed by atoms with Crippen molar-refractivity contribution in [2.45, 2.75) is 13.5 Å². The topological polar surface area (TPSA) is 113 Å². The third-order valence-electron chi connectivity index (χ3n) is 4.41. The molecular weight excluding hydrogens is 372 g/mol. The SMILES string of the molecule is COc1ccc(-n2cnnc2)cc1NC(=O)c1ccc(Cn2nnnc2C)cc1. The number of methoxy groups -OCH3 is 1. The standard InChI is InChI=1S/C19H18N8O2/c1-13-23-24-25-27(13)10-14-3-5-15(6-4-14)19(28)22-17-9-16(7-8-18(17)29-2)26-11-20-21-12-26/h3-9,11-12H,10H2,1-2H3,(H,22,28). The third-order valence-corrected chi connectivity index (χ3v) is 4.41. The van der Waals surface area contributed by atoms with Crippen molar-refractivity contribution in [3.8, 4) is 11.4 Å². The zero-order valence-corrected chi connectivity index (χ0v) is 15.9. The van der Waals surface area contributed by atoms with Gasteiger partial charge in [-0.3, -0.25) is 9.36 Å². The Morgan fingerprint density at radius 2 is 1.86 bits per heavy atom. The number of aryl methyl sites for hydroxylation is 1. The molecular formula is C19H18N8O2. The molecule has 0 bridgehead atoms. The molecule has 1 N–H and O–H groups in total. The van der Waals surface area contributed by atoms with Crippen LogP contribution in [0.1, 0.15) is 21.7 Å². The largest absolute Gasteiger partial charge is 0.495 e. The van der Waals surface area contributed by atoms with Crippen molar-refractivity contribution < 1.29 is 9.53 Å². The van der Waals surface area contributed by atoms with Gasteiger partial charge < -0.3 is 10.1 Å². The summed E-state index contributed by atoms with van der Waals surface area (Å²) in [4.78, 5) is 12.7. The minimum absolute atomic E-state index is 0.241. The fraction of sp³-hybridized carbons (Fsp3) is 0.158. The van der Waals surface area contributed by atoms with Crippen LogP contribution in [0.4, 0.5) is 5.69 Å². The number of tetrazole rings is 1. The zero-order chi connectivity index (χ0) is 20.2. The number of nitrogens with one attached hydrogen (secondary N) is 1. The lowest BCUT2D eigenvalue weighted by Crippen LogP contribution is -2.13. The van der Waals surface area contributed by atoms with Gasteiger partial charge in [0.1, 0.15) is 24.2 Å². The maximum absolute atomic E-state index is 12.7. The molecule has 2 aromatic carbocycles. The number of carbonyl (C=O) groups excluding carboxylic acids is 1. The highest BCUT2D eigenvalue weighted by atomic mass is 16.5. The number of amides is 1. The number of carbonyl (C=O) groups is 1. The van der Waals surface area contributed by atoms with Crippen molar-refractivity contribution in [2.24, 2.45) is 0 Å². The van der Waals surface area contributed by atoms with E-state index in [1.807, 2.05) is 25.1 Å². The van der Waals surface area contributed by atoms with E-state index in [2.05, 4.69) is 31.0 Å². The summed E-state index contributed by atoms with van der Waals surface area (Å²) in [5, 5.41) is 21.9. The van der Waals surface area contributed by atoms with Crippen LogP contribution in [0.2, 0.25) is 0 Å². The molecule has 10 heteroatoms.